The van der Waals surface area contributed by atoms with Crippen molar-refractivity contribution < 1.29 is 14.3 Å². The minimum absolute atomic E-state index is 0.167. The van der Waals surface area contributed by atoms with Gasteiger partial charge in [-0.15, -0.1) is 0 Å². The number of rotatable bonds is 2. The highest BCUT2D eigenvalue weighted by molar-refractivity contribution is 9.10. The van der Waals surface area contributed by atoms with E-state index in [1.54, 1.807) is 4.90 Å². The van der Waals surface area contributed by atoms with E-state index in [4.69, 9.17) is 4.74 Å². The Kier molecular flexibility index (Phi) is 4.52. The van der Waals surface area contributed by atoms with Crippen molar-refractivity contribution in [1.82, 2.24) is 9.88 Å². The number of fused-ring (bicyclic) bond motifs is 3. The molecular formula is C21H19BrN2O3. The number of nitrogens with one attached hydrogen (secondary N) is 1. The van der Waals surface area contributed by atoms with Crippen molar-refractivity contribution >= 4 is 38.7 Å². The van der Waals surface area contributed by atoms with Gasteiger partial charge in [-0.3, -0.25) is 4.79 Å². The van der Waals surface area contributed by atoms with Crippen LogP contribution in [0.5, 0.6) is 0 Å². The van der Waals surface area contributed by atoms with Crippen molar-refractivity contribution in [3.05, 3.63) is 69.8 Å². The molecular weight excluding hydrogens is 408 g/mol. The highest BCUT2D eigenvalue weighted by Crippen LogP contribution is 2.41. The molecule has 27 heavy (non-hydrogen) atoms. The van der Waals surface area contributed by atoms with Crippen LogP contribution in [0.15, 0.2) is 53.0 Å². The number of carbonyl (C=O) groups is 2. The second-order valence-electron chi connectivity index (χ2n) is 6.69. The first-order valence-electron chi connectivity index (χ1n) is 8.73. The van der Waals surface area contributed by atoms with Crippen molar-refractivity contribution in [2.45, 2.75) is 25.4 Å². The maximum atomic E-state index is 12.6. The molecule has 1 aliphatic heterocycles. The third kappa shape index (κ3) is 2.94. The maximum absolute atomic E-state index is 12.6. The van der Waals surface area contributed by atoms with E-state index in [2.05, 4.69) is 20.9 Å². The molecule has 5 nitrogen and oxygen atoms in total. The average molecular weight is 427 g/mol. The number of aromatic amines is 1. The van der Waals surface area contributed by atoms with Crippen molar-refractivity contribution in [1.29, 1.82) is 0 Å². The van der Waals surface area contributed by atoms with Gasteiger partial charge in [-0.2, -0.15) is 0 Å². The number of esters is 1. The van der Waals surface area contributed by atoms with E-state index in [0.717, 1.165) is 32.2 Å². The van der Waals surface area contributed by atoms with Crippen LogP contribution in [-0.2, 0) is 20.7 Å². The van der Waals surface area contributed by atoms with E-state index in [9.17, 15) is 9.59 Å². The fourth-order valence-electron chi connectivity index (χ4n) is 4.02. The summed E-state index contributed by atoms with van der Waals surface area (Å²) in [5, 5.41) is 1.07. The molecule has 0 fully saturated rings. The first kappa shape index (κ1) is 17.8. The quantitative estimate of drug-likeness (QED) is 0.630. The molecule has 1 aliphatic rings. The van der Waals surface area contributed by atoms with Gasteiger partial charge in [0.05, 0.1) is 13.2 Å². The number of methoxy groups -OCH3 is 1. The smallest absolute Gasteiger partial charge is 0.328 e. The van der Waals surface area contributed by atoms with E-state index >= 15 is 0 Å². The molecule has 0 saturated carbocycles. The normalized spacial score (nSPS) is 19.0. The van der Waals surface area contributed by atoms with Crippen LogP contribution in [0.25, 0.3) is 10.9 Å². The Labute approximate surface area is 165 Å². The topological polar surface area (TPSA) is 62.4 Å². The number of H-pyrrole nitrogens is 1. The number of hydrogen-bond donors (Lipinski definition) is 1. The Morgan fingerprint density at radius 2 is 1.96 bits per heavy atom. The Morgan fingerprint density at radius 1 is 1.19 bits per heavy atom. The second kappa shape index (κ2) is 6.85. The number of carbonyl (C=O) groups excluding carboxylic acids is 2. The number of ether oxygens (including phenoxy) is 1. The van der Waals surface area contributed by atoms with E-state index in [1.165, 1.54) is 14.0 Å². The molecule has 2 heterocycles. The monoisotopic (exact) mass is 426 g/mol. The largest absolute Gasteiger partial charge is 0.467 e. The molecule has 2 atom stereocenters. The summed E-state index contributed by atoms with van der Waals surface area (Å²) < 4.78 is 5.95. The summed E-state index contributed by atoms with van der Waals surface area (Å²) in [5.74, 6) is -0.569. The SMILES string of the molecule is COC(=O)[C@@H]1Cc2c([nH]c3ccccc23)C(c2cccc(Br)c2)N1C(C)=O. The Morgan fingerprint density at radius 3 is 2.67 bits per heavy atom. The predicted molar refractivity (Wildman–Crippen MR) is 106 cm³/mol. The van der Waals surface area contributed by atoms with Crippen LogP contribution >= 0.6 is 15.9 Å². The minimum Gasteiger partial charge on any atom is -0.467 e. The number of nitrogens with zero attached hydrogens (tertiary/aromatic N) is 1. The Hall–Kier alpha value is -2.60. The molecule has 0 spiro atoms. The van der Waals surface area contributed by atoms with Crippen LogP contribution in [0.1, 0.15) is 29.8 Å². The van der Waals surface area contributed by atoms with E-state index in [-0.39, 0.29) is 11.9 Å². The lowest BCUT2D eigenvalue weighted by Crippen LogP contribution is -2.51. The van der Waals surface area contributed by atoms with Gasteiger partial charge in [0.1, 0.15) is 6.04 Å². The summed E-state index contributed by atoms with van der Waals surface area (Å²) in [6, 6.07) is 14.8. The van der Waals surface area contributed by atoms with Crippen molar-refractivity contribution in [2.24, 2.45) is 0 Å². The highest BCUT2D eigenvalue weighted by Gasteiger charge is 2.42. The van der Waals surface area contributed by atoms with Gasteiger partial charge in [-0.05, 0) is 29.3 Å². The fraction of sp³-hybridized carbons (Fsp3) is 0.238. The third-order valence-electron chi connectivity index (χ3n) is 5.13. The summed E-state index contributed by atoms with van der Waals surface area (Å²) >= 11 is 3.51. The van der Waals surface area contributed by atoms with Crippen molar-refractivity contribution in [2.75, 3.05) is 7.11 Å². The van der Waals surface area contributed by atoms with E-state index < -0.39 is 12.0 Å². The molecule has 1 amide bonds. The summed E-state index contributed by atoms with van der Waals surface area (Å²) in [7, 11) is 1.36. The fourth-order valence-corrected chi connectivity index (χ4v) is 4.44. The van der Waals surface area contributed by atoms with Crippen LogP contribution in [-0.4, -0.2) is 34.9 Å². The van der Waals surface area contributed by atoms with Crippen LogP contribution in [0.4, 0.5) is 0 Å². The molecule has 3 aromatic rings. The number of benzene rings is 2. The van der Waals surface area contributed by atoms with E-state index in [1.807, 2.05) is 48.5 Å². The molecule has 0 saturated heterocycles. The Balaban J connectivity index is 1.99. The van der Waals surface area contributed by atoms with Crippen LogP contribution in [0.2, 0.25) is 0 Å². The van der Waals surface area contributed by atoms with Gasteiger partial charge in [0, 0.05) is 34.4 Å². The zero-order valence-electron chi connectivity index (χ0n) is 15.0. The summed E-state index contributed by atoms with van der Waals surface area (Å²) in [5.41, 5.74) is 3.94. The van der Waals surface area contributed by atoms with Gasteiger partial charge in [-0.25, -0.2) is 4.79 Å². The zero-order chi connectivity index (χ0) is 19.1. The van der Waals surface area contributed by atoms with Gasteiger partial charge in [-0.1, -0.05) is 46.3 Å². The maximum Gasteiger partial charge on any atom is 0.328 e. The molecule has 4 rings (SSSR count). The molecule has 0 bridgehead atoms. The predicted octanol–water partition coefficient (Wildman–Crippen LogP) is 3.97. The minimum atomic E-state index is -0.664. The van der Waals surface area contributed by atoms with Gasteiger partial charge in [0.2, 0.25) is 5.91 Å². The first-order chi connectivity index (χ1) is 13.0. The van der Waals surface area contributed by atoms with Gasteiger partial charge >= 0.3 is 5.97 Å². The Bertz CT molecular complexity index is 1040. The molecule has 6 heteroatoms. The summed E-state index contributed by atoms with van der Waals surface area (Å²) in [6.07, 6.45) is 0.427. The first-order valence-corrected chi connectivity index (χ1v) is 9.52. The summed E-state index contributed by atoms with van der Waals surface area (Å²) in [4.78, 5) is 30.3. The van der Waals surface area contributed by atoms with Gasteiger partial charge in [0.15, 0.2) is 0 Å². The molecule has 0 aliphatic carbocycles. The third-order valence-corrected chi connectivity index (χ3v) is 5.63. The number of para-hydroxylation sites is 1. The number of halogens is 1. The molecule has 138 valence electrons. The number of hydrogen-bond acceptors (Lipinski definition) is 3. The number of amides is 1. The number of aromatic nitrogens is 1. The molecule has 2 aromatic carbocycles. The average Bonchev–Trinajstić information content (AvgIpc) is 3.04. The molecule has 0 radical (unpaired) electrons. The van der Waals surface area contributed by atoms with Crippen LogP contribution < -0.4 is 0 Å². The molecule has 1 N–H and O–H groups in total. The van der Waals surface area contributed by atoms with Gasteiger partial charge in [0.25, 0.3) is 0 Å². The highest BCUT2D eigenvalue weighted by atomic mass is 79.9. The van der Waals surface area contributed by atoms with Crippen molar-refractivity contribution in [3.8, 4) is 0 Å². The lowest BCUT2D eigenvalue weighted by molar-refractivity contribution is -0.154. The zero-order valence-corrected chi connectivity index (χ0v) is 16.6. The van der Waals surface area contributed by atoms with Crippen molar-refractivity contribution in [3.63, 3.8) is 0 Å². The molecule has 1 aromatic heterocycles. The van der Waals surface area contributed by atoms with E-state index in [0.29, 0.717) is 6.42 Å². The van der Waals surface area contributed by atoms with Gasteiger partial charge < -0.3 is 14.6 Å². The van der Waals surface area contributed by atoms with Crippen LogP contribution in [0, 0.1) is 0 Å². The molecule has 1 unspecified atom stereocenters. The lowest BCUT2D eigenvalue weighted by atomic mass is 9.88. The van der Waals surface area contributed by atoms with Crippen LogP contribution in [0.3, 0.4) is 0 Å². The second-order valence-corrected chi connectivity index (χ2v) is 7.61. The summed E-state index contributed by atoms with van der Waals surface area (Å²) in [6.45, 7) is 1.49. The standard InChI is InChI=1S/C21H19BrN2O3/c1-12(25)24-18(21(26)27-2)11-16-15-8-3-4-9-17(15)23-19(16)20(24)13-6-5-7-14(22)10-13/h3-10,18,20,23H,11H2,1-2H3/t18-,20?/m0/s1. The lowest BCUT2D eigenvalue weighted by Gasteiger charge is -2.40.